The predicted molar refractivity (Wildman–Crippen MR) is 236 cm³/mol. The van der Waals surface area contributed by atoms with Gasteiger partial charge < -0.3 is 51.7 Å². The maximum Gasteiger partial charge on any atom is 0.234 e. The van der Waals surface area contributed by atoms with E-state index in [-0.39, 0.29) is 41.7 Å². The molecule has 2 heterocycles. The van der Waals surface area contributed by atoms with Gasteiger partial charge in [-0.3, -0.25) is 9.59 Å². The van der Waals surface area contributed by atoms with E-state index in [2.05, 4.69) is 53.4 Å². The number of nitriles is 2. The van der Waals surface area contributed by atoms with Gasteiger partial charge in [0.2, 0.25) is 11.8 Å². The van der Waals surface area contributed by atoms with Crippen molar-refractivity contribution in [2.75, 3.05) is 50.6 Å². The molecule has 0 aromatic heterocycles. The van der Waals surface area contributed by atoms with Crippen molar-refractivity contribution in [2.24, 2.45) is 31.4 Å². The lowest BCUT2D eigenvalue weighted by atomic mass is 9.96. The molecular formula is C41H40N12O6S2. The summed E-state index contributed by atoms with van der Waals surface area (Å²) in [7, 11) is 6.18. The van der Waals surface area contributed by atoms with E-state index in [0.717, 1.165) is 23.5 Å². The Labute approximate surface area is 359 Å². The van der Waals surface area contributed by atoms with Gasteiger partial charge in [-0.1, -0.05) is 35.7 Å². The van der Waals surface area contributed by atoms with Crippen LogP contribution in [-0.4, -0.2) is 74.0 Å². The minimum atomic E-state index is -0.692. The summed E-state index contributed by atoms with van der Waals surface area (Å²) in [5.74, 6) is 1.83. The number of carbonyl (C=O) groups is 2. The number of anilines is 2. The number of thioether (sulfide) groups is 2. The topological polar surface area (TPSA) is 268 Å². The molecule has 0 saturated heterocycles. The third kappa shape index (κ3) is 11.0. The molecule has 18 nitrogen and oxygen atoms in total. The standard InChI is InChI=1S/C41H40N12O6S2/c1-56-28-9-11-30(32(16-28)58-3)36-48-38(44)52-40(50-36)60-20-34(54)46-26-7-5-22(24(14-26)18-42)13-23-6-8-27(15-25(23)19-43)47-35(55)21-61-41-51-37(49-39(45)53-41)31-12-10-29(57-2)17-33(31)59-4/h5-12,14-17,36-37H,13,20-21H2,1-4H3,(H,46,54)(H,47,55)(H3,44,48,50,52)(H3,45,49,51,53)/t36-,37-/m1/s1. The van der Waals surface area contributed by atoms with E-state index >= 15 is 0 Å². The van der Waals surface area contributed by atoms with Crippen molar-refractivity contribution in [1.82, 2.24) is 10.6 Å². The maximum atomic E-state index is 13.0. The summed E-state index contributed by atoms with van der Waals surface area (Å²) in [6.45, 7) is 0. The van der Waals surface area contributed by atoms with E-state index in [1.165, 1.54) is 14.2 Å². The van der Waals surface area contributed by atoms with E-state index in [4.69, 9.17) is 30.4 Å². The zero-order valence-corrected chi connectivity index (χ0v) is 34.9. The van der Waals surface area contributed by atoms with Gasteiger partial charge in [0.1, 0.15) is 23.0 Å². The Balaban J connectivity index is 1.03. The van der Waals surface area contributed by atoms with Crippen molar-refractivity contribution in [3.05, 3.63) is 106 Å². The van der Waals surface area contributed by atoms with Gasteiger partial charge in [0.25, 0.3) is 0 Å². The van der Waals surface area contributed by atoms with Crippen molar-refractivity contribution < 1.29 is 28.5 Å². The quantitative estimate of drug-likeness (QED) is 0.103. The highest BCUT2D eigenvalue weighted by Crippen LogP contribution is 2.35. The summed E-state index contributed by atoms with van der Waals surface area (Å²) in [5, 5.41) is 32.2. The number of methoxy groups -OCH3 is 4. The molecule has 6 rings (SSSR count). The number of ether oxygens (including phenoxy) is 4. The van der Waals surface area contributed by atoms with Crippen LogP contribution in [-0.2, 0) is 16.0 Å². The van der Waals surface area contributed by atoms with E-state index in [0.29, 0.717) is 78.1 Å². The zero-order chi connectivity index (χ0) is 43.5. The Bertz CT molecular complexity index is 2380. The third-order valence-electron chi connectivity index (χ3n) is 9.00. The molecule has 61 heavy (non-hydrogen) atoms. The monoisotopic (exact) mass is 860 g/mol. The normalized spacial score (nSPS) is 15.4. The molecule has 0 unspecified atom stereocenters. The van der Waals surface area contributed by atoms with E-state index in [1.807, 2.05) is 0 Å². The van der Waals surface area contributed by atoms with Crippen LogP contribution >= 0.6 is 23.5 Å². The van der Waals surface area contributed by atoms with Crippen LogP contribution in [0.4, 0.5) is 11.4 Å². The predicted octanol–water partition coefficient (Wildman–Crippen LogP) is 4.34. The highest BCUT2D eigenvalue weighted by Gasteiger charge is 2.24. The lowest BCUT2D eigenvalue weighted by molar-refractivity contribution is -0.114. The molecule has 2 aliphatic heterocycles. The van der Waals surface area contributed by atoms with Gasteiger partial charge in [-0.15, -0.1) is 0 Å². The molecule has 0 spiro atoms. The number of amides is 2. The molecular weight excluding hydrogens is 821 g/mol. The minimum absolute atomic E-state index is 0.0158. The van der Waals surface area contributed by atoms with Crippen molar-refractivity contribution in [2.45, 2.75) is 18.8 Å². The van der Waals surface area contributed by atoms with Crippen LogP contribution in [0.2, 0.25) is 0 Å². The number of hydrogen-bond donors (Lipinski definition) is 6. The molecule has 8 N–H and O–H groups in total. The first-order valence-corrected chi connectivity index (χ1v) is 20.2. The first kappa shape index (κ1) is 43.2. The van der Waals surface area contributed by atoms with E-state index in [9.17, 15) is 20.1 Å². The van der Waals surface area contributed by atoms with Gasteiger partial charge in [-0.05, 0) is 59.7 Å². The molecule has 20 heteroatoms. The van der Waals surface area contributed by atoms with Gasteiger partial charge in [0.15, 0.2) is 34.6 Å². The molecule has 312 valence electrons. The SMILES string of the molecule is COc1ccc([C@@H]2N=C(N)NC(SCC(=O)Nc3ccc(Cc4ccc(NC(=O)CSC5=N[C@H](c6ccc(OC)cc6OC)N=C(N)N5)cc4C#N)c(C#N)c3)=N2)c(OC)c1. The lowest BCUT2D eigenvalue weighted by Gasteiger charge is -2.20. The summed E-state index contributed by atoms with van der Waals surface area (Å²) in [4.78, 5) is 43.9. The summed E-state index contributed by atoms with van der Waals surface area (Å²) in [5.41, 5.74) is 16.2. The Morgan fingerprint density at radius 3 is 1.44 bits per heavy atom. The fourth-order valence-corrected chi connectivity index (χ4v) is 7.45. The van der Waals surface area contributed by atoms with Gasteiger partial charge >= 0.3 is 0 Å². The molecule has 0 aliphatic carbocycles. The molecule has 0 fully saturated rings. The Morgan fingerprint density at radius 2 is 1.07 bits per heavy atom. The van der Waals surface area contributed by atoms with Crippen molar-refractivity contribution in [3.8, 4) is 35.1 Å². The largest absolute Gasteiger partial charge is 0.497 e. The molecule has 0 radical (unpaired) electrons. The zero-order valence-electron chi connectivity index (χ0n) is 33.3. The molecule has 4 aromatic carbocycles. The number of nitrogens with two attached hydrogens (primary N) is 2. The number of rotatable bonds is 14. The van der Waals surface area contributed by atoms with Crippen molar-refractivity contribution in [3.63, 3.8) is 0 Å². The van der Waals surface area contributed by atoms with Crippen LogP contribution in [0.5, 0.6) is 23.0 Å². The van der Waals surface area contributed by atoms with Crippen LogP contribution in [0.3, 0.4) is 0 Å². The average molecular weight is 861 g/mol. The van der Waals surface area contributed by atoms with Crippen LogP contribution in [0, 0.1) is 22.7 Å². The summed E-state index contributed by atoms with van der Waals surface area (Å²) >= 11 is 2.27. The highest BCUT2D eigenvalue weighted by atomic mass is 32.2. The second kappa shape index (κ2) is 20.0. The molecule has 0 bridgehead atoms. The Hall–Kier alpha value is -7.42. The van der Waals surface area contributed by atoms with Crippen molar-refractivity contribution in [1.29, 1.82) is 10.5 Å². The number of aliphatic imine (C=N–C) groups is 4. The van der Waals surface area contributed by atoms with Crippen LogP contribution in [0.25, 0.3) is 0 Å². The Morgan fingerprint density at radius 1 is 0.639 bits per heavy atom. The summed E-state index contributed by atoms with van der Waals surface area (Å²) in [6, 6.07) is 24.9. The summed E-state index contributed by atoms with van der Waals surface area (Å²) in [6.07, 6.45) is -1.13. The minimum Gasteiger partial charge on any atom is -0.497 e. The number of nitrogens with zero attached hydrogens (tertiary/aromatic N) is 6. The van der Waals surface area contributed by atoms with Gasteiger partial charge in [0.05, 0.1) is 63.2 Å². The number of nitrogens with one attached hydrogen (secondary N) is 4. The molecule has 2 aliphatic rings. The second-order valence-corrected chi connectivity index (χ2v) is 14.9. The number of benzene rings is 4. The van der Waals surface area contributed by atoms with E-state index < -0.39 is 12.3 Å². The number of carbonyl (C=O) groups excluding carboxylic acids is 2. The second-order valence-electron chi connectivity index (χ2n) is 12.9. The van der Waals surface area contributed by atoms with Crippen molar-refractivity contribution >= 4 is 69.0 Å². The smallest absolute Gasteiger partial charge is 0.234 e. The first-order valence-electron chi connectivity index (χ1n) is 18.2. The molecule has 4 aromatic rings. The summed E-state index contributed by atoms with van der Waals surface area (Å²) < 4.78 is 21.5. The Kier molecular flexibility index (Phi) is 14.2. The maximum absolute atomic E-state index is 13.0. The van der Waals surface area contributed by atoms with E-state index in [1.54, 1.807) is 87.0 Å². The van der Waals surface area contributed by atoms with Gasteiger partial charge in [0, 0.05) is 41.1 Å². The number of hydrogen-bond acceptors (Lipinski definition) is 18. The third-order valence-corrected chi connectivity index (χ3v) is 10.8. The molecule has 2 amide bonds. The first-order chi connectivity index (χ1) is 29.5. The lowest BCUT2D eigenvalue weighted by Crippen LogP contribution is -2.39. The van der Waals surface area contributed by atoms with Gasteiger partial charge in [-0.2, -0.15) is 10.5 Å². The van der Waals surface area contributed by atoms with Crippen LogP contribution < -0.4 is 51.7 Å². The van der Waals surface area contributed by atoms with Crippen LogP contribution in [0.1, 0.15) is 45.7 Å². The van der Waals surface area contributed by atoms with Gasteiger partial charge in [-0.25, -0.2) is 20.0 Å². The number of guanidine groups is 2. The molecule has 0 saturated carbocycles. The fourth-order valence-electron chi connectivity index (χ4n) is 6.07. The fraction of sp³-hybridized carbons (Fsp3) is 0.220. The average Bonchev–Trinajstić information content (AvgIpc) is 3.27. The highest BCUT2D eigenvalue weighted by molar-refractivity contribution is 8.14. The van der Waals surface area contributed by atoms with Crippen LogP contribution in [0.15, 0.2) is 92.8 Å². The number of amidine groups is 2. The molecule has 2 atom stereocenters.